The summed E-state index contributed by atoms with van der Waals surface area (Å²) in [5.41, 5.74) is 5.70. The van der Waals surface area contributed by atoms with E-state index >= 15 is 0 Å². The van der Waals surface area contributed by atoms with Crippen molar-refractivity contribution in [3.8, 4) is 11.3 Å². The van der Waals surface area contributed by atoms with Crippen molar-refractivity contribution in [1.82, 2.24) is 5.43 Å². The summed E-state index contributed by atoms with van der Waals surface area (Å²) in [4.78, 5) is 25.2. The van der Waals surface area contributed by atoms with Crippen molar-refractivity contribution in [3.63, 3.8) is 0 Å². The number of carboxylic acid groups (broad SMARTS) is 1. The van der Waals surface area contributed by atoms with Gasteiger partial charge in [0, 0.05) is 30.9 Å². The first-order valence-electron chi connectivity index (χ1n) is 8.90. The van der Waals surface area contributed by atoms with Crippen LogP contribution in [0, 0.1) is 6.92 Å². The van der Waals surface area contributed by atoms with Crippen molar-refractivity contribution in [2.75, 3.05) is 19.0 Å². The van der Waals surface area contributed by atoms with E-state index in [0.717, 1.165) is 16.8 Å². The van der Waals surface area contributed by atoms with Crippen LogP contribution < -0.4 is 10.3 Å². The van der Waals surface area contributed by atoms with E-state index < -0.39 is 5.97 Å². The van der Waals surface area contributed by atoms with Crippen LogP contribution in [0.2, 0.25) is 0 Å². The molecule has 0 fully saturated rings. The monoisotopic (exact) mass is 391 g/mol. The van der Waals surface area contributed by atoms with Crippen LogP contribution in [-0.2, 0) is 0 Å². The van der Waals surface area contributed by atoms with Gasteiger partial charge in [-0.3, -0.25) is 4.79 Å². The lowest BCUT2D eigenvalue weighted by atomic mass is 10.0. The van der Waals surface area contributed by atoms with Gasteiger partial charge in [0.25, 0.3) is 5.91 Å². The quantitative estimate of drug-likeness (QED) is 0.492. The summed E-state index contributed by atoms with van der Waals surface area (Å²) in [6.45, 7) is 1.82. The molecule has 3 rings (SSSR count). The number of aromatic carboxylic acids is 1. The summed E-state index contributed by atoms with van der Waals surface area (Å²) in [7, 11) is 3.81. The number of aryl methyl sites for hydroxylation is 1. The van der Waals surface area contributed by atoms with E-state index in [0.29, 0.717) is 17.1 Å². The molecule has 148 valence electrons. The molecule has 0 aliphatic carbocycles. The summed E-state index contributed by atoms with van der Waals surface area (Å²) in [6, 6.07) is 15.5. The van der Waals surface area contributed by atoms with Crippen LogP contribution in [0.15, 0.2) is 64.1 Å². The van der Waals surface area contributed by atoms with E-state index in [2.05, 4.69) is 10.5 Å². The number of hydrogen-bond acceptors (Lipinski definition) is 5. The Morgan fingerprint density at radius 1 is 1.07 bits per heavy atom. The molecule has 2 N–H and O–H groups in total. The fraction of sp³-hybridized carbons (Fsp3) is 0.136. The summed E-state index contributed by atoms with van der Waals surface area (Å²) in [6.07, 6.45) is 1.41. The van der Waals surface area contributed by atoms with Crippen LogP contribution in [0.5, 0.6) is 0 Å². The van der Waals surface area contributed by atoms with Crippen LogP contribution in [0.4, 0.5) is 5.69 Å². The minimum absolute atomic E-state index is 0.223. The van der Waals surface area contributed by atoms with Gasteiger partial charge in [-0.25, -0.2) is 10.2 Å². The predicted molar refractivity (Wildman–Crippen MR) is 112 cm³/mol. The molecule has 0 saturated heterocycles. The Labute approximate surface area is 168 Å². The molecule has 29 heavy (non-hydrogen) atoms. The molecular weight excluding hydrogens is 370 g/mol. The molecule has 7 heteroatoms. The molecule has 3 aromatic rings. The average molecular weight is 391 g/mol. The van der Waals surface area contributed by atoms with Crippen molar-refractivity contribution in [1.29, 1.82) is 0 Å². The van der Waals surface area contributed by atoms with Gasteiger partial charge in [-0.15, -0.1) is 0 Å². The third kappa shape index (κ3) is 4.70. The molecule has 0 bridgehead atoms. The third-order valence-corrected chi connectivity index (χ3v) is 4.35. The van der Waals surface area contributed by atoms with Gasteiger partial charge in [0.05, 0.1) is 11.8 Å². The maximum atomic E-state index is 12.2. The maximum absolute atomic E-state index is 12.2. The number of anilines is 1. The van der Waals surface area contributed by atoms with Gasteiger partial charge >= 0.3 is 5.97 Å². The second-order valence-electron chi connectivity index (χ2n) is 6.68. The fourth-order valence-electron chi connectivity index (χ4n) is 2.78. The maximum Gasteiger partial charge on any atom is 0.335 e. The molecule has 0 spiro atoms. The van der Waals surface area contributed by atoms with Crippen LogP contribution in [0.3, 0.4) is 0 Å². The number of furan rings is 1. The second kappa shape index (κ2) is 8.43. The first-order chi connectivity index (χ1) is 13.8. The van der Waals surface area contributed by atoms with Gasteiger partial charge in [-0.1, -0.05) is 12.1 Å². The van der Waals surface area contributed by atoms with Crippen LogP contribution >= 0.6 is 0 Å². The number of nitrogens with one attached hydrogen (secondary N) is 1. The lowest BCUT2D eigenvalue weighted by Crippen LogP contribution is -2.18. The second-order valence-corrected chi connectivity index (χ2v) is 6.68. The van der Waals surface area contributed by atoms with Crippen LogP contribution in [0.25, 0.3) is 11.3 Å². The molecule has 0 aliphatic heterocycles. The first kappa shape index (κ1) is 19.9. The van der Waals surface area contributed by atoms with Crippen molar-refractivity contribution < 1.29 is 19.1 Å². The van der Waals surface area contributed by atoms with Crippen molar-refractivity contribution in [2.45, 2.75) is 6.92 Å². The predicted octanol–water partition coefficient (Wildman–Crippen LogP) is 3.78. The summed E-state index contributed by atoms with van der Waals surface area (Å²) < 4.78 is 5.73. The Balaban J connectivity index is 1.69. The highest BCUT2D eigenvalue weighted by Gasteiger charge is 2.10. The topological polar surface area (TPSA) is 95.1 Å². The van der Waals surface area contributed by atoms with E-state index in [1.807, 2.05) is 38.1 Å². The zero-order valence-electron chi connectivity index (χ0n) is 16.3. The number of hydrogen-bond donors (Lipinski definition) is 2. The zero-order valence-corrected chi connectivity index (χ0v) is 16.3. The van der Waals surface area contributed by atoms with Crippen LogP contribution in [0.1, 0.15) is 32.0 Å². The fourth-order valence-corrected chi connectivity index (χ4v) is 2.78. The summed E-state index contributed by atoms with van der Waals surface area (Å²) >= 11 is 0. The van der Waals surface area contributed by atoms with Crippen molar-refractivity contribution in [3.05, 3.63) is 77.0 Å². The number of carbonyl (C=O) groups excluding carboxylic acids is 1. The molecule has 1 aromatic heterocycles. The molecule has 0 saturated carbocycles. The first-order valence-corrected chi connectivity index (χ1v) is 8.90. The number of carbonyl (C=O) groups is 2. The molecule has 0 atom stereocenters. The number of carboxylic acids is 1. The minimum Gasteiger partial charge on any atom is -0.478 e. The Morgan fingerprint density at radius 3 is 2.55 bits per heavy atom. The SMILES string of the molecule is Cc1cc(C(=O)O)ccc1-c1ccc(/C=N/NC(=O)c2cccc(N(C)C)c2)o1. The Bertz CT molecular complexity index is 1080. The van der Waals surface area contributed by atoms with Crippen molar-refractivity contribution in [2.24, 2.45) is 5.10 Å². The normalized spacial score (nSPS) is 10.9. The lowest BCUT2D eigenvalue weighted by molar-refractivity contribution is 0.0696. The Kier molecular flexibility index (Phi) is 5.78. The molecule has 2 aromatic carbocycles. The minimum atomic E-state index is -0.973. The molecule has 1 amide bonds. The average Bonchev–Trinajstić information content (AvgIpc) is 3.16. The number of hydrazone groups is 1. The summed E-state index contributed by atoms with van der Waals surface area (Å²) in [5, 5.41) is 13.0. The van der Waals surface area contributed by atoms with Crippen LogP contribution in [-0.4, -0.2) is 37.3 Å². The standard InChI is InChI=1S/C22H21N3O4/c1-14-11-16(22(27)28)7-9-19(14)20-10-8-18(29-20)13-23-24-21(26)15-5-4-6-17(12-15)25(2)3/h4-13H,1-3H3,(H,24,26)(H,27,28)/b23-13+. The Morgan fingerprint density at radius 2 is 1.86 bits per heavy atom. The van der Waals surface area contributed by atoms with E-state index in [9.17, 15) is 9.59 Å². The lowest BCUT2D eigenvalue weighted by Gasteiger charge is -2.12. The van der Waals surface area contributed by atoms with E-state index in [1.165, 1.54) is 12.3 Å². The number of rotatable bonds is 6. The molecule has 7 nitrogen and oxygen atoms in total. The smallest absolute Gasteiger partial charge is 0.335 e. The number of nitrogens with zero attached hydrogens (tertiary/aromatic N) is 2. The van der Waals surface area contributed by atoms with E-state index in [1.54, 1.807) is 36.4 Å². The third-order valence-electron chi connectivity index (χ3n) is 4.35. The summed E-state index contributed by atoms with van der Waals surface area (Å²) in [5.74, 6) is -0.245. The Hall–Kier alpha value is -3.87. The number of amides is 1. The van der Waals surface area contributed by atoms with Gasteiger partial charge in [-0.05, 0) is 55.0 Å². The highest BCUT2D eigenvalue weighted by molar-refractivity contribution is 5.95. The molecule has 0 aliphatic rings. The molecule has 1 heterocycles. The highest BCUT2D eigenvalue weighted by Crippen LogP contribution is 2.26. The number of benzene rings is 2. The zero-order chi connectivity index (χ0) is 21.0. The highest BCUT2D eigenvalue weighted by atomic mass is 16.4. The van der Waals surface area contributed by atoms with Gasteiger partial charge in [0.15, 0.2) is 0 Å². The van der Waals surface area contributed by atoms with Gasteiger partial charge < -0.3 is 14.4 Å². The van der Waals surface area contributed by atoms with Gasteiger partial charge in [-0.2, -0.15) is 5.10 Å². The van der Waals surface area contributed by atoms with Gasteiger partial charge in [0.1, 0.15) is 11.5 Å². The van der Waals surface area contributed by atoms with Gasteiger partial charge in [0.2, 0.25) is 0 Å². The largest absolute Gasteiger partial charge is 0.478 e. The van der Waals surface area contributed by atoms with Crippen molar-refractivity contribution >= 4 is 23.8 Å². The molecule has 0 unspecified atom stereocenters. The molecular formula is C22H21N3O4. The van der Waals surface area contributed by atoms with E-state index in [4.69, 9.17) is 9.52 Å². The van der Waals surface area contributed by atoms with E-state index in [-0.39, 0.29) is 11.5 Å². The molecule has 0 radical (unpaired) electrons.